The van der Waals surface area contributed by atoms with E-state index in [-0.39, 0.29) is 5.56 Å². The molecule has 120 valence electrons. The van der Waals surface area contributed by atoms with Gasteiger partial charge in [0.15, 0.2) is 14.5 Å². The Morgan fingerprint density at radius 2 is 1.55 bits per heavy atom. The molecule has 4 heteroatoms. The first-order valence-electron chi connectivity index (χ1n) is 8.03. The summed E-state index contributed by atoms with van der Waals surface area (Å²) in [6.45, 7) is 13.7. The molecule has 2 rings (SSSR count). The summed E-state index contributed by atoms with van der Waals surface area (Å²) in [7, 11) is -1.90. The Bertz CT molecular complexity index is 666. The maximum Gasteiger partial charge on any atom is 0.169 e. The fraction of sp³-hybridized carbons (Fsp3) is 0.500. The molecule has 0 bridgehead atoms. The number of carbonyl (C=O) groups is 1. The average Bonchev–Trinajstić information content (AvgIpc) is 2.84. The summed E-state index contributed by atoms with van der Waals surface area (Å²) in [5.74, 6) is -0.398. The Kier molecular flexibility index (Phi) is 4.61. The van der Waals surface area contributed by atoms with Crippen LogP contribution in [0, 0.1) is 5.82 Å². The average molecular weight is 319 g/mol. The van der Waals surface area contributed by atoms with Crippen molar-refractivity contribution in [2.75, 3.05) is 0 Å². The van der Waals surface area contributed by atoms with Gasteiger partial charge in [0.05, 0.1) is 5.56 Å². The number of rotatable bonds is 5. The molecule has 0 fully saturated rings. The predicted molar refractivity (Wildman–Crippen MR) is 93.7 cm³/mol. The first kappa shape index (κ1) is 16.9. The minimum absolute atomic E-state index is 0.135. The summed E-state index contributed by atoms with van der Waals surface area (Å²) in [6, 6.07) is 5.32. The molecule has 0 spiro atoms. The second-order valence-corrected chi connectivity index (χ2v) is 12.8. The second-order valence-electron chi connectivity index (χ2n) is 7.06. The standard InChI is InChI=1S/C18H26FNOSi/c1-12(2)22(13(3)4,14(5)6)20-10-9-16-17(20)8-7-15(11-21)18(16)19/h7-14H,1-6H3. The number of nitrogens with zero attached hydrogens (tertiary/aromatic N) is 1. The van der Waals surface area contributed by atoms with Crippen LogP contribution >= 0.6 is 0 Å². The van der Waals surface area contributed by atoms with Crippen molar-refractivity contribution in [3.63, 3.8) is 0 Å². The number of aldehydes is 1. The van der Waals surface area contributed by atoms with Gasteiger partial charge in [-0.3, -0.25) is 4.79 Å². The molecule has 0 aliphatic heterocycles. The van der Waals surface area contributed by atoms with E-state index in [9.17, 15) is 9.18 Å². The Balaban J connectivity index is 2.82. The number of carbonyl (C=O) groups excluding carboxylic acids is 1. The van der Waals surface area contributed by atoms with Gasteiger partial charge in [-0.1, -0.05) is 41.5 Å². The zero-order valence-electron chi connectivity index (χ0n) is 14.4. The largest absolute Gasteiger partial charge is 0.373 e. The summed E-state index contributed by atoms with van der Waals surface area (Å²) in [5.41, 5.74) is 2.67. The zero-order valence-corrected chi connectivity index (χ0v) is 15.4. The van der Waals surface area contributed by atoms with Gasteiger partial charge in [0.1, 0.15) is 5.82 Å². The SMILES string of the molecule is CC(C)[Si](C(C)C)(C(C)C)n1ccc2c(F)c(C=O)ccc21. The van der Waals surface area contributed by atoms with Gasteiger partial charge in [0.2, 0.25) is 0 Å². The van der Waals surface area contributed by atoms with Crippen molar-refractivity contribution in [2.24, 2.45) is 0 Å². The third kappa shape index (κ3) is 2.24. The summed E-state index contributed by atoms with van der Waals surface area (Å²) in [5, 5.41) is 0.559. The first-order chi connectivity index (χ1) is 10.3. The Morgan fingerprint density at radius 1 is 1.00 bits per heavy atom. The molecule has 0 aliphatic rings. The lowest BCUT2D eigenvalue weighted by atomic mass is 10.1. The van der Waals surface area contributed by atoms with Gasteiger partial charge in [0.25, 0.3) is 0 Å². The lowest BCUT2D eigenvalue weighted by molar-refractivity contribution is 0.112. The number of benzene rings is 1. The topological polar surface area (TPSA) is 22.0 Å². The normalized spacial score (nSPS) is 12.8. The molecule has 0 atom stereocenters. The maximum atomic E-state index is 14.4. The Labute approximate surface area is 133 Å². The highest BCUT2D eigenvalue weighted by Gasteiger charge is 2.45. The minimum atomic E-state index is -1.90. The van der Waals surface area contributed by atoms with Crippen molar-refractivity contribution >= 4 is 25.4 Å². The van der Waals surface area contributed by atoms with E-state index in [2.05, 4.69) is 45.8 Å². The zero-order chi connectivity index (χ0) is 16.7. The molecule has 0 N–H and O–H groups in total. The molecular formula is C18H26FNOSi. The molecule has 22 heavy (non-hydrogen) atoms. The minimum Gasteiger partial charge on any atom is -0.373 e. The molecule has 0 radical (unpaired) electrons. The molecule has 0 amide bonds. The van der Waals surface area contributed by atoms with E-state index in [1.807, 2.05) is 18.3 Å². The van der Waals surface area contributed by atoms with Crippen LogP contribution in [0.1, 0.15) is 51.9 Å². The van der Waals surface area contributed by atoms with E-state index in [4.69, 9.17) is 0 Å². The van der Waals surface area contributed by atoms with Gasteiger partial charge < -0.3 is 4.23 Å². The predicted octanol–water partition coefficient (Wildman–Crippen LogP) is 5.62. The van der Waals surface area contributed by atoms with Crippen LogP contribution in [-0.2, 0) is 0 Å². The molecule has 1 aromatic heterocycles. The van der Waals surface area contributed by atoms with E-state index in [1.54, 1.807) is 6.07 Å². The van der Waals surface area contributed by atoms with Gasteiger partial charge in [-0.25, -0.2) is 4.39 Å². The van der Waals surface area contributed by atoms with Crippen LogP contribution in [0.2, 0.25) is 16.6 Å². The van der Waals surface area contributed by atoms with Crippen molar-refractivity contribution in [3.05, 3.63) is 35.8 Å². The molecule has 0 aliphatic carbocycles. The third-order valence-electron chi connectivity index (χ3n) is 5.16. The number of halogens is 1. The second kappa shape index (κ2) is 5.99. The summed E-state index contributed by atoms with van der Waals surface area (Å²) in [6.07, 6.45) is 2.62. The van der Waals surface area contributed by atoms with Crippen LogP contribution in [0.5, 0.6) is 0 Å². The van der Waals surface area contributed by atoms with Crippen LogP contribution in [0.4, 0.5) is 4.39 Å². The number of aromatic nitrogens is 1. The quantitative estimate of drug-likeness (QED) is 0.518. The summed E-state index contributed by atoms with van der Waals surface area (Å²) >= 11 is 0. The Hall–Kier alpha value is -1.42. The van der Waals surface area contributed by atoms with E-state index >= 15 is 0 Å². The van der Waals surface area contributed by atoms with E-state index in [0.717, 1.165) is 5.52 Å². The number of fused-ring (bicyclic) bond motifs is 1. The van der Waals surface area contributed by atoms with Crippen LogP contribution in [-0.4, -0.2) is 18.8 Å². The van der Waals surface area contributed by atoms with Crippen molar-refractivity contribution < 1.29 is 9.18 Å². The van der Waals surface area contributed by atoms with Crippen LogP contribution in [0.25, 0.3) is 10.9 Å². The van der Waals surface area contributed by atoms with E-state index in [1.165, 1.54) is 0 Å². The monoisotopic (exact) mass is 319 g/mol. The van der Waals surface area contributed by atoms with Crippen molar-refractivity contribution in [1.82, 2.24) is 4.23 Å². The molecule has 2 aromatic rings. The number of hydrogen-bond acceptors (Lipinski definition) is 1. The highest BCUT2D eigenvalue weighted by atomic mass is 28.3. The van der Waals surface area contributed by atoms with E-state index in [0.29, 0.717) is 28.3 Å². The lowest BCUT2D eigenvalue weighted by Crippen LogP contribution is -2.51. The summed E-state index contributed by atoms with van der Waals surface area (Å²) < 4.78 is 16.8. The van der Waals surface area contributed by atoms with Gasteiger partial charge >= 0.3 is 0 Å². The van der Waals surface area contributed by atoms with Gasteiger partial charge in [0, 0.05) is 10.9 Å². The molecule has 1 aromatic carbocycles. The van der Waals surface area contributed by atoms with Crippen molar-refractivity contribution in [3.8, 4) is 0 Å². The van der Waals surface area contributed by atoms with Crippen LogP contribution in [0.3, 0.4) is 0 Å². The molecular weight excluding hydrogens is 293 g/mol. The van der Waals surface area contributed by atoms with Crippen LogP contribution < -0.4 is 0 Å². The molecule has 1 heterocycles. The third-order valence-corrected chi connectivity index (χ3v) is 11.9. The van der Waals surface area contributed by atoms with Crippen molar-refractivity contribution in [1.29, 1.82) is 0 Å². The Morgan fingerprint density at radius 3 is 2.00 bits per heavy atom. The highest BCUT2D eigenvalue weighted by Crippen LogP contribution is 2.44. The molecule has 0 saturated heterocycles. The van der Waals surface area contributed by atoms with Gasteiger partial charge in [-0.15, -0.1) is 0 Å². The van der Waals surface area contributed by atoms with E-state index < -0.39 is 14.1 Å². The number of hydrogen-bond donors (Lipinski definition) is 0. The lowest BCUT2D eigenvalue weighted by Gasteiger charge is -2.44. The smallest absolute Gasteiger partial charge is 0.169 e. The molecule has 2 nitrogen and oxygen atoms in total. The van der Waals surface area contributed by atoms with Gasteiger partial charge in [-0.2, -0.15) is 0 Å². The molecule has 0 saturated carbocycles. The van der Waals surface area contributed by atoms with Gasteiger partial charge in [-0.05, 0) is 41.0 Å². The fourth-order valence-corrected chi connectivity index (χ4v) is 11.1. The highest BCUT2D eigenvalue weighted by molar-refractivity contribution is 6.82. The maximum absolute atomic E-state index is 14.4. The first-order valence-corrected chi connectivity index (χ1v) is 10.2. The van der Waals surface area contributed by atoms with Crippen LogP contribution in [0.15, 0.2) is 24.4 Å². The molecule has 0 unspecified atom stereocenters. The summed E-state index contributed by atoms with van der Waals surface area (Å²) in [4.78, 5) is 11.0. The van der Waals surface area contributed by atoms with Crippen molar-refractivity contribution in [2.45, 2.75) is 58.2 Å². The fourth-order valence-electron chi connectivity index (χ4n) is 4.46.